The summed E-state index contributed by atoms with van der Waals surface area (Å²) < 4.78 is 5.36. The molecule has 110 valence electrons. The van der Waals surface area contributed by atoms with E-state index in [1.165, 1.54) is 5.56 Å². The van der Waals surface area contributed by atoms with Crippen LogP contribution in [0.25, 0.3) is 0 Å². The van der Waals surface area contributed by atoms with Crippen LogP contribution >= 0.6 is 0 Å². The highest BCUT2D eigenvalue weighted by Gasteiger charge is 2.17. The monoisotopic (exact) mass is 275 g/mol. The minimum absolute atomic E-state index is 0.280. The molecular formula is C17H25NO2. The van der Waals surface area contributed by atoms with Gasteiger partial charge in [0, 0.05) is 32.7 Å². The van der Waals surface area contributed by atoms with E-state index >= 15 is 0 Å². The maximum atomic E-state index is 12.3. The van der Waals surface area contributed by atoms with E-state index in [4.69, 9.17) is 4.74 Å². The average Bonchev–Trinajstić information content (AvgIpc) is 2.52. The van der Waals surface area contributed by atoms with Gasteiger partial charge in [-0.25, -0.2) is 0 Å². The van der Waals surface area contributed by atoms with Crippen LogP contribution in [0.5, 0.6) is 0 Å². The largest absolute Gasteiger partial charge is 0.381 e. The van der Waals surface area contributed by atoms with Crippen LogP contribution < -0.4 is 0 Å². The van der Waals surface area contributed by atoms with E-state index < -0.39 is 0 Å². The Morgan fingerprint density at radius 2 is 1.95 bits per heavy atom. The number of rotatable bonds is 6. The van der Waals surface area contributed by atoms with Crippen LogP contribution in [0.15, 0.2) is 30.3 Å². The molecule has 0 saturated carbocycles. The first-order valence-corrected chi connectivity index (χ1v) is 7.69. The van der Waals surface area contributed by atoms with Crippen molar-refractivity contribution in [3.05, 3.63) is 35.9 Å². The Morgan fingerprint density at radius 1 is 1.25 bits per heavy atom. The van der Waals surface area contributed by atoms with Gasteiger partial charge in [0.15, 0.2) is 0 Å². The third-order valence-electron chi connectivity index (χ3n) is 4.06. The zero-order valence-corrected chi connectivity index (χ0v) is 12.4. The maximum Gasteiger partial charge on any atom is 0.222 e. The first-order chi connectivity index (χ1) is 9.79. The number of hydrogen-bond acceptors (Lipinski definition) is 2. The van der Waals surface area contributed by atoms with Crippen molar-refractivity contribution < 1.29 is 9.53 Å². The third-order valence-corrected chi connectivity index (χ3v) is 4.06. The Hall–Kier alpha value is -1.35. The van der Waals surface area contributed by atoms with Crippen molar-refractivity contribution in [3.63, 3.8) is 0 Å². The van der Waals surface area contributed by atoms with Gasteiger partial charge in [0.25, 0.3) is 0 Å². The second-order valence-corrected chi connectivity index (χ2v) is 5.49. The molecular weight excluding hydrogens is 250 g/mol. The van der Waals surface area contributed by atoms with Gasteiger partial charge in [-0.1, -0.05) is 30.3 Å². The van der Waals surface area contributed by atoms with Crippen LogP contribution in [-0.4, -0.2) is 30.6 Å². The molecule has 20 heavy (non-hydrogen) atoms. The molecule has 1 aromatic carbocycles. The van der Waals surface area contributed by atoms with Gasteiger partial charge in [-0.15, -0.1) is 0 Å². The fourth-order valence-corrected chi connectivity index (χ4v) is 2.70. The zero-order chi connectivity index (χ0) is 14.2. The number of amides is 1. The Balaban J connectivity index is 1.79. The van der Waals surface area contributed by atoms with Gasteiger partial charge < -0.3 is 9.64 Å². The molecule has 2 rings (SSSR count). The standard InChI is InChI=1S/C17H25NO2/c1-2-18(14-16-6-4-3-5-7-16)17(19)9-8-15-10-12-20-13-11-15/h3-7,15H,2,8-14H2,1H3. The normalized spacial score (nSPS) is 16.1. The summed E-state index contributed by atoms with van der Waals surface area (Å²) in [5.41, 5.74) is 1.20. The van der Waals surface area contributed by atoms with E-state index in [0.29, 0.717) is 12.3 Å². The van der Waals surface area contributed by atoms with E-state index in [9.17, 15) is 4.79 Å². The molecule has 0 aromatic heterocycles. The predicted octanol–water partition coefficient (Wildman–Crippen LogP) is 3.24. The summed E-state index contributed by atoms with van der Waals surface area (Å²) in [5.74, 6) is 0.950. The van der Waals surface area contributed by atoms with Crippen LogP contribution in [0.3, 0.4) is 0 Å². The minimum atomic E-state index is 0.280. The van der Waals surface area contributed by atoms with Crippen molar-refractivity contribution >= 4 is 5.91 Å². The van der Waals surface area contributed by atoms with Crippen LogP contribution in [0.2, 0.25) is 0 Å². The van der Waals surface area contributed by atoms with Crippen LogP contribution in [0, 0.1) is 5.92 Å². The topological polar surface area (TPSA) is 29.5 Å². The van der Waals surface area contributed by atoms with Crippen molar-refractivity contribution in [3.8, 4) is 0 Å². The van der Waals surface area contributed by atoms with E-state index in [1.54, 1.807) is 0 Å². The number of hydrogen-bond donors (Lipinski definition) is 0. The molecule has 1 fully saturated rings. The Morgan fingerprint density at radius 3 is 2.60 bits per heavy atom. The summed E-state index contributed by atoms with van der Waals surface area (Å²) in [4.78, 5) is 14.3. The summed E-state index contributed by atoms with van der Waals surface area (Å²) in [6.07, 6.45) is 3.90. The molecule has 3 nitrogen and oxygen atoms in total. The lowest BCUT2D eigenvalue weighted by Gasteiger charge is -2.24. The van der Waals surface area contributed by atoms with E-state index in [1.807, 2.05) is 23.1 Å². The highest BCUT2D eigenvalue weighted by atomic mass is 16.5. The highest BCUT2D eigenvalue weighted by Crippen LogP contribution is 2.20. The van der Waals surface area contributed by atoms with Gasteiger partial charge in [0.1, 0.15) is 0 Å². The molecule has 0 radical (unpaired) electrons. The van der Waals surface area contributed by atoms with Gasteiger partial charge in [0.2, 0.25) is 5.91 Å². The van der Waals surface area contributed by atoms with Crippen molar-refractivity contribution in [1.82, 2.24) is 4.90 Å². The van der Waals surface area contributed by atoms with E-state index in [-0.39, 0.29) is 5.91 Å². The lowest BCUT2D eigenvalue weighted by molar-refractivity contribution is -0.132. The summed E-state index contributed by atoms with van der Waals surface area (Å²) in [5, 5.41) is 0. The first-order valence-electron chi connectivity index (χ1n) is 7.69. The molecule has 0 spiro atoms. The fraction of sp³-hybridized carbons (Fsp3) is 0.588. The van der Waals surface area contributed by atoms with E-state index in [2.05, 4.69) is 19.1 Å². The lowest BCUT2D eigenvalue weighted by Crippen LogP contribution is -2.30. The van der Waals surface area contributed by atoms with Gasteiger partial charge >= 0.3 is 0 Å². The average molecular weight is 275 g/mol. The number of ether oxygens (including phenoxy) is 1. The van der Waals surface area contributed by atoms with Crippen LogP contribution in [-0.2, 0) is 16.1 Å². The Labute approximate surface area is 121 Å². The van der Waals surface area contributed by atoms with Crippen LogP contribution in [0.1, 0.15) is 38.2 Å². The smallest absolute Gasteiger partial charge is 0.222 e. The summed E-state index contributed by atoms with van der Waals surface area (Å²) in [7, 11) is 0. The fourth-order valence-electron chi connectivity index (χ4n) is 2.70. The molecule has 0 unspecified atom stereocenters. The van der Waals surface area contributed by atoms with Crippen molar-refractivity contribution in [2.75, 3.05) is 19.8 Å². The number of carbonyl (C=O) groups is 1. The molecule has 3 heteroatoms. The van der Waals surface area contributed by atoms with Crippen molar-refractivity contribution in [2.24, 2.45) is 5.92 Å². The Bertz CT molecular complexity index is 399. The van der Waals surface area contributed by atoms with Crippen molar-refractivity contribution in [2.45, 2.75) is 39.2 Å². The first kappa shape index (κ1) is 15.0. The van der Waals surface area contributed by atoms with Gasteiger partial charge in [-0.3, -0.25) is 4.79 Å². The van der Waals surface area contributed by atoms with Crippen molar-refractivity contribution in [1.29, 1.82) is 0 Å². The quantitative estimate of drug-likeness (QED) is 0.797. The third kappa shape index (κ3) is 4.64. The van der Waals surface area contributed by atoms with Gasteiger partial charge in [0.05, 0.1) is 0 Å². The molecule has 1 aliphatic heterocycles. The molecule has 0 bridgehead atoms. The SMILES string of the molecule is CCN(Cc1ccccc1)C(=O)CCC1CCOCC1. The number of carbonyl (C=O) groups excluding carboxylic acids is 1. The zero-order valence-electron chi connectivity index (χ0n) is 12.4. The van der Waals surface area contributed by atoms with Gasteiger partial charge in [-0.05, 0) is 37.7 Å². The molecule has 0 atom stereocenters. The Kier molecular flexibility index (Phi) is 6.06. The number of benzene rings is 1. The molecule has 1 aromatic rings. The molecule has 0 aliphatic carbocycles. The number of nitrogens with zero attached hydrogens (tertiary/aromatic N) is 1. The molecule has 1 amide bonds. The molecule has 1 heterocycles. The molecule has 0 N–H and O–H groups in total. The predicted molar refractivity (Wildman–Crippen MR) is 80.3 cm³/mol. The molecule has 1 saturated heterocycles. The highest BCUT2D eigenvalue weighted by molar-refractivity contribution is 5.76. The minimum Gasteiger partial charge on any atom is -0.381 e. The lowest BCUT2D eigenvalue weighted by atomic mass is 9.94. The summed E-state index contributed by atoms with van der Waals surface area (Å²) >= 11 is 0. The van der Waals surface area contributed by atoms with Gasteiger partial charge in [-0.2, -0.15) is 0 Å². The molecule has 1 aliphatic rings. The van der Waals surface area contributed by atoms with E-state index in [0.717, 1.165) is 45.6 Å². The summed E-state index contributed by atoms with van der Waals surface area (Å²) in [6, 6.07) is 10.2. The summed E-state index contributed by atoms with van der Waals surface area (Å²) in [6.45, 7) is 5.28. The van der Waals surface area contributed by atoms with Crippen LogP contribution in [0.4, 0.5) is 0 Å². The maximum absolute atomic E-state index is 12.3. The second kappa shape index (κ2) is 8.05. The second-order valence-electron chi connectivity index (χ2n) is 5.49.